The lowest BCUT2D eigenvalue weighted by atomic mass is 9.83. The largest absolute Gasteiger partial charge is 0.140 e. The van der Waals surface area contributed by atoms with Gasteiger partial charge < -0.3 is 0 Å². The first-order valence-electron chi connectivity index (χ1n) is 13.4. The van der Waals surface area contributed by atoms with Crippen molar-refractivity contribution < 1.29 is 0 Å². The molecule has 0 aliphatic rings. The van der Waals surface area contributed by atoms with Gasteiger partial charge in [-0.3, -0.25) is 0 Å². The van der Waals surface area contributed by atoms with Crippen molar-refractivity contribution in [2.45, 2.75) is 6.92 Å². The zero-order valence-electron chi connectivity index (χ0n) is 21.5. The van der Waals surface area contributed by atoms with E-state index in [1.807, 2.05) is 0 Å². The van der Waals surface area contributed by atoms with Crippen molar-refractivity contribution in [2.24, 2.45) is 0 Å². The molecule has 0 aromatic heterocycles. The molecule has 0 amide bonds. The molecule has 0 aliphatic heterocycles. The van der Waals surface area contributed by atoms with Crippen LogP contribution in [-0.2, 0) is 0 Å². The monoisotopic (exact) mass is 480 g/mol. The van der Waals surface area contributed by atoms with Crippen molar-refractivity contribution in [1.29, 1.82) is 0 Å². The SMILES string of the molecule is Bc1c2ccccc2cc2c1ccc1c(-c3cccc4c3ccc3c(C)c5ccccc5cc34)cccc12. The molecule has 0 radical (unpaired) electrons. The van der Waals surface area contributed by atoms with Crippen LogP contribution in [0.25, 0.3) is 75.8 Å². The predicted octanol–water partition coefficient (Wildman–Crippen LogP) is 8.84. The summed E-state index contributed by atoms with van der Waals surface area (Å²) < 4.78 is 0. The second-order valence-corrected chi connectivity index (χ2v) is 10.6. The molecule has 0 unspecified atom stereocenters. The van der Waals surface area contributed by atoms with E-state index in [2.05, 4.69) is 136 Å². The molecular weight excluding hydrogens is 455 g/mol. The van der Waals surface area contributed by atoms with Gasteiger partial charge in [-0.05, 0) is 100 Å². The standard InChI is InChI=1S/C37H25B/c1-22-25-10-4-2-8-23(25)20-35-26(22)16-17-32-28(12-6-14-30(32)35)29-13-7-15-31-33(29)18-19-34-36(31)21-24-9-3-5-11-27(24)37(34)38/h2-21H,38H2,1H3. The highest BCUT2D eigenvalue weighted by Crippen LogP contribution is 2.40. The smallest absolute Gasteiger partial charge is 0.0736 e. The zero-order valence-corrected chi connectivity index (χ0v) is 21.5. The Morgan fingerprint density at radius 3 is 1.50 bits per heavy atom. The Kier molecular flexibility index (Phi) is 4.49. The van der Waals surface area contributed by atoms with Gasteiger partial charge in [-0.2, -0.15) is 0 Å². The van der Waals surface area contributed by atoms with Crippen LogP contribution in [0.15, 0.2) is 121 Å². The average Bonchev–Trinajstić information content (AvgIpc) is 2.97. The Labute approximate surface area is 222 Å². The summed E-state index contributed by atoms with van der Waals surface area (Å²) in [6.45, 7) is 2.25. The van der Waals surface area contributed by atoms with Crippen LogP contribution in [0.5, 0.6) is 0 Å². The molecule has 0 N–H and O–H groups in total. The van der Waals surface area contributed by atoms with E-state index in [0.29, 0.717) is 0 Å². The minimum atomic E-state index is 1.29. The van der Waals surface area contributed by atoms with Gasteiger partial charge in [-0.15, -0.1) is 0 Å². The normalized spacial score (nSPS) is 11.9. The van der Waals surface area contributed by atoms with Crippen LogP contribution in [0.3, 0.4) is 0 Å². The van der Waals surface area contributed by atoms with Crippen LogP contribution in [0, 0.1) is 6.92 Å². The fraction of sp³-hybridized carbons (Fsp3) is 0.0270. The third kappa shape index (κ3) is 2.93. The quantitative estimate of drug-likeness (QED) is 0.125. The lowest BCUT2D eigenvalue weighted by molar-refractivity contribution is 1.59. The fourth-order valence-corrected chi connectivity index (χ4v) is 6.73. The molecule has 176 valence electrons. The second-order valence-electron chi connectivity index (χ2n) is 10.6. The number of benzene rings is 8. The molecule has 8 aromatic carbocycles. The Hall–Kier alpha value is -4.62. The van der Waals surface area contributed by atoms with Crippen LogP contribution < -0.4 is 5.46 Å². The highest BCUT2D eigenvalue weighted by Gasteiger charge is 2.14. The second kappa shape index (κ2) is 7.94. The Morgan fingerprint density at radius 2 is 0.842 bits per heavy atom. The zero-order chi connectivity index (χ0) is 25.4. The third-order valence-electron chi connectivity index (χ3n) is 8.63. The van der Waals surface area contributed by atoms with Gasteiger partial charge in [0, 0.05) is 0 Å². The van der Waals surface area contributed by atoms with Gasteiger partial charge in [0.15, 0.2) is 0 Å². The Bertz CT molecular complexity index is 2090. The van der Waals surface area contributed by atoms with E-state index >= 15 is 0 Å². The van der Waals surface area contributed by atoms with E-state index in [9.17, 15) is 0 Å². The Balaban J connectivity index is 1.45. The van der Waals surface area contributed by atoms with Crippen LogP contribution in [-0.4, -0.2) is 7.85 Å². The van der Waals surface area contributed by atoms with Crippen LogP contribution >= 0.6 is 0 Å². The summed E-state index contributed by atoms with van der Waals surface area (Å²) >= 11 is 0. The lowest BCUT2D eigenvalue weighted by Gasteiger charge is -2.16. The van der Waals surface area contributed by atoms with Crippen molar-refractivity contribution in [3.8, 4) is 11.1 Å². The summed E-state index contributed by atoms with van der Waals surface area (Å²) in [6, 6.07) is 45.1. The van der Waals surface area contributed by atoms with Gasteiger partial charge in [0.25, 0.3) is 0 Å². The van der Waals surface area contributed by atoms with Gasteiger partial charge in [-0.1, -0.05) is 115 Å². The molecule has 8 rings (SSSR count). The van der Waals surface area contributed by atoms with Gasteiger partial charge in [-0.25, -0.2) is 0 Å². The topological polar surface area (TPSA) is 0 Å². The van der Waals surface area contributed by atoms with Gasteiger partial charge in [0.05, 0.1) is 0 Å². The molecule has 0 fully saturated rings. The van der Waals surface area contributed by atoms with Gasteiger partial charge in [0.2, 0.25) is 0 Å². The Morgan fingerprint density at radius 1 is 0.368 bits per heavy atom. The molecule has 0 spiro atoms. The van der Waals surface area contributed by atoms with E-state index in [1.165, 1.54) is 86.8 Å². The highest BCUT2D eigenvalue weighted by molar-refractivity contribution is 6.46. The summed E-state index contributed by atoms with van der Waals surface area (Å²) in [5, 5.41) is 15.8. The van der Waals surface area contributed by atoms with Crippen molar-refractivity contribution >= 4 is 77.9 Å². The van der Waals surface area contributed by atoms with E-state index in [-0.39, 0.29) is 0 Å². The first-order chi connectivity index (χ1) is 18.7. The third-order valence-corrected chi connectivity index (χ3v) is 8.63. The van der Waals surface area contributed by atoms with Crippen molar-refractivity contribution in [1.82, 2.24) is 0 Å². The minimum Gasteiger partial charge on any atom is -0.0736 e. The van der Waals surface area contributed by atoms with Crippen molar-refractivity contribution in [2.75, 3.05) is 0 Å². The van der Waals surface area contributed by atoms with Gasteiger partial charge >= 0.3 is 0 Å². The number of hydrogen-bond donors (Lipinski definition) is 0. The maximum atomic E-state index is 2.37. The molecule has 0 heterocycles. The predicted molar refractivity (Wildman–Crippen MR) is 170 cm³/mol. The number of rotatable bonds is 1. The van der Waals surface area contributed by atoms with Gasteiger partial charge in [0.1, 0.15) is 7.85 Å². The van der Waals surface area contributed by atoms with E-state index < -0.39 is 0 Å². The van der Waals surface area contributed by atoms with E-state index in [4.69, 9.17) is 0 Å². The molecule has 0 bridgehead atoms. The van der Waals surface area contributed by atoms with Crippen molar-refractivity contribution in [3.63, 3.8) is 0 Å². The summed E-state index contributed by atoms with van der Waals surface area (Å²) in [5.41, 5.74) is 5.28. The van der Waals surface area contributed by atoms with Crippen molar-refractivity contribution in [3.05, 3.63) is 127 Å². The number of fused-ring (bicyclic) bond motifs is 8. The molecular formula is C37H25B. The summed E-state index contributed by atoms with van der Waals surface area (Å²) in [5.74, 6) is 0. The summed E-state index contributed by atoms with van der Waals surface area (Å²) in [6.07, 6.45) is 0. The summed E-state index contributed by atoms with van der Waals surface area (Å²) in [7, 11) is 2.25. The molecule has 0 saturated carbocycles. The highest BCUT2D eigenvalue weighted by atomic mass is 14.2. The minimum absolute atomic E-state index is 1.29. The molecule has 0 saturated heterocycles. The first-order valence-corrected chi connectivity index (χ1v) is 13.4. The number of aryl methyl sites for hydroxylation is 1. The molecule has 1 heteroatoms. The molecule has 0 atom stereocenters. The molecule has 38 heavy (non-hydrogen) atoms. The van der Waals surface area contributed by atoms with Crippen LogP contribution in [0.2, 0.25) is 0 Å². The summed E-state index contributed by atoms with van der Waals surface area (Å²) in [4.78, 5) is 0. The molecule has 8 aromatic rings. The van der Waals surface area contributed by atoms with E-state index in [1.54, 1.807) is 0 Å². The lowest BCUT2D eigenvalue weighted by Crippen LogP contribution is -2.06. The maximum absolute atomic E-state index is 2.37. The molecule has 0 nitrogen and oxygen atoms in total. The maximum Gasteiger partial charge on any atom is 0.140 e. The number of hydrogen-bond acceptors (Lipinski definition) is 0. The molecule has 0 aliphatic carbocycles. The fourth-order valence-electron chi connectivity index (χ4n) is 6.73. The van der Waals surface area contributed by atoms with Crippen LogP contribution in [0.4, 0.5) is 0 Å². The van der Waals surface area contributed by atoms with Crippen LogP contribution in [0.1, 0.15) is 5.56 Å². The average molecular weight is 480 g/mol. The van der Waals surface area contributed by atoms with E-state index in [0.717, 1.165) is 0 Å². The first kappa shape index (κ1) is 21.5.